The van der Waals surface area contributed by atoms with Gasteiger partial charge in [-0.2, -0.15) is 5.26 Å². The van der Waals surface area contributed by atoms with Gasteiger partial charge >= 0.3 is 0 Å². The molecule has 9 nitrogen and oxygen atoms in total. The molecular formula is C26H18ClF2N7O2S. The molecule has 4 aromatic rings. The number of amides is 1. The van der Waals surface area contributed by atoms with Gasteiger partial charge in [0.15, 0.2) is 10.9 Å². The van der Waals surface area contributed by atoms with Crippen molar-refractivity contribution in [2.75, 3.05) is 36.8 Å². The molecule has 3 heterocycles. The average Bonchev–Trinajstić information content (AvgIpc) is 3.32. The molecular weight excluding hydrogens is 548 g/mol. The van der Waals surface area contributed by atoms with Crippen molar-refractivity contribution in [1.29, 1.82) is 5.26 Å². The molecule has 13 heteroatoms. The van der Waals surface area contributed by atoms with E-state index in [4.69, 9.17) is 23.9 Å². The summed E-state index contributed by atoms with van der Waals surface area (Å²) in [5, 5.41) is 10.0. The van der Waals surface area contributed by atoms with Crippen LogP contribution in [0.25, 0.3) is 37.1 Å². The number of aromatic nitrogens is 2. The monoisotopic (exact) mass is 565 g/mol. The number of pyridine rings is 1. The molecule has 39 heavy (non-hydrogen) atoms. The molecule has 1 fully saturated rings. The molecule has 1 atom stereocenters. The van der Waals surface area contributed by atoms with Crippen molar-refractivity contribution in [1.82, 2.24) is 14.9 Å². The highest BCUT2D eigenvalue weighted by molar-refractivity contribution is 7.22. The fraction of sp³-hybridized carbons (Fsp3) is 0.192. The van der Waals surface area contributed by atoms with E-state index in [1.165, 1.54) is 17.0 Å². The molecule has 0 aliphatic carbocycles. The fourth-order valence-electron chi connectivity index (χ4n) is 4.95. The summed E-state index contributed by atoms with van der Waals surface area (Å²) in [5.41, 5.74) is 4.84. The van der Waals surface area contributed by atoms with Crippen LogP contribution in [0.5, 0.6) is 0 Å². The summed E-state index contributed by atoms with van der Waals surface area (Å²) in [7, 11) is 0. The number of piperazine rings is 1. The number of carbonyl (C=O) groups is 1. The number of H-pyrrole nitrogens is 1. The van der Waals surface area contributed by atoms with E-state index in [2.05, 4.69) is 21.4 Å². The number of halogens is 3. The minimum atomic E-state index is -0.891. The molecule has 0 bridgehead atoms. The number of nitrogen functional groups attached to an aromatic ring is 1. The Morgan fingerprint density at radius 1 is 1.44 bits per heavy atom. The Hall–Kier alpha value is -4.52. The molecule has 2 aromatic carbocycles. The van der Waals surface area contributed by atoms with Gasteiger partial charge in [0.25, 0.3) is 5.56 Å². The molecule has 0 spiro atoms. The van der Waals surface area contributed by atoms with Crippen LogP contribution >= 0.6 is 22.9 Å². The number of anilines is 2. The third-order valence-corrected chi connectivity index (χ3v) is 7.82. The SMILES string of the molecule is [C-]#[N+]C[C@H]1CN(c2c(C#N)c(=O)[nH]c3c(F)c(-c4ccc(F)c5sc(N)nc45)c(Cl)cc23)CCN1C(=O)C=C. The van der Waals surface area contributed by atoms with Gasteiger partial charge in [0.1, 0.15) is 23.5 Å². The van der Waals surface area contributed by atoms with Gasteiger partial charge < -0.3 is 25.4 Å². The van der Waals surface area contributed by atoms with E-state index in [0.29, 0.717) is 0 Å². The van der Waals surface area contributed by atoms with Crippen LogP contribution in [0.1, 0.15) is 5.56 Å². The number of hydrogen-bond acceptors (Lipinski definition) is 7. The topological polar surface area (TPSA) is 123 Å². The third kappa shape index (κ3) is 4.24. The fourth-order valence-corrected chi connectivity index (χ4v) is 6.00. The van der Waals surface area contributed by atoms with E-state index in [1.807, 2.05) is 6.07 Å². The van der Waals surface area contributed by atoms with E-state index < -0.39 is 23.2 Å². The maximum absolute atomic E-state index is 16.2. The molecule has 1 aliphatic rings. The first kappa shape index (κ1) is 26.1. The van der Waals surface area contributed by atoms with Crippen LogP contribution in [0.15, 0.2) is 35.6 Å². The van der Waals surface area contributed by atoms with Crippen LogP contribution in [-0.4, -0.2) is 53.0 Å². The Morgan fingerprint density at radius 3 is 2.90 bits per heavy atom. The maximum Gasteiger partial charge on any atom is 0.268 e. The van der Waals surface area contributed by atoms with E-state index >= 15 is 4.39 Å². The number of rotatable bonds is 4. The van der Waals surface area contributed by atoms with Crippen molar-refractivity contribution in [2.24, 2.45) is 0 Å². The van der Waals surface area contributed by atoms with Gasteiger partial charge in [-0.15, -0.1) is 0 Å². The van der Waals surface area contributed by atoms with E-state index in [9.17, 15) is 19.2 Å². The van der Waals surface area contributed by atoms with Gasteiger partial charge in [0.2, 0.25) is 12.5 Å². The molecule has 0 unspecified atom stereocenters. The lowest BCUT2D eigenvalue weighted by Gasteiger charge is -2.40. The summed E-state index contributed by atoms with van der Waals surface area (Å²) in [6, 6.07) is 5.26. The van der Waals surface area contributed by atoms with Crippen LogP contribution in [0.4, 0.5) is 19.6 Å². The second kappa shape index (κ2) is 9.98. The molecule has 3 N–H and O–H groups in total. The average molecular weight is 566 g/mol. The summed E-state index contributed by atoms with van der Waals surface area (Å²) in [4.78, 5) is 38.5. The number of nitrogens with two attached hydrogens (primary N) is 1. The predicted octanol–water partition coefficient (Wildman–Crippen LogP) is 4.31. The van der Waals surface area contributed by atoms with E-state index in [-0.39, 0.29) is 85.7 Å². The first-order valence-corrected chi connectivity index (χ1v) is 12.7. The molecule has 196 valence electrons. The largest absolute Gasteiger partial charge is 0.375 e. The quantitative estimate of drug-likeness (QED) is 0.281. The Morgan fingerprint density at radius 2 is 2.21 bits per heavy atom. The van der Waals surface area contributed by atoms with Crippen LogP contribution in [0.2, 0.25) is 5.02 Å². The summed E-state index contributed by atoms with van der Waals surface area (Å²) in [5.74, 6) is -1.80. The zero-order valence-electron chi connectivity index (χ0n) is 20.1. The second-order valence-corrected chi connectivity index (χ2v) is 10.2. The lowest BCUT2D eigenvalue weighted by Crippen LogP contribution is -2.56. The second-order valence-electron chi connectivity index (χ2n) is 8.76. The molecule has 5 rings (SSSR count). The zero-order chi connectivity index (χ0) is 28.0. The van der Waals surface area contributed by atoms with Gasteiger partial charge in [-0.25, -0.2) is 20.3 Å². The highest BCUT2D eigenvalue weighted by atomic mass is 35.5. The summed E-state index contributed by atoms with van der Waals surface area (Å²) in [6.07, 6.45) is 1.16. The van der Waals surface area contributed by atoms with Crippen molar-refractivity contribution in [3.63, 3.8) is 0 Å². The first-order chi connectivity index (χ1) is 18.7. The van der Waals surface area contributed by atoms with Gasteiger partial charge in [-0.1, -0.05) is 29.5 Å². The normalized spacial score (nSPS) is 15.4. The standard InChI is InChI=1S/C26H18ClF2N7O2S/c1-3-18(37)36-7-6-35(11-12(36)10-32-2)23-14-8-16(27)19(20(29)21(14)33-25(38)15(23)9-30)13-4-5-17(28)24-22(13)34-26(31)39-24/h3-5,8,12H,1,6-7,10-11H2,(H2,31,34)(H,33,38)/t12-/m0/s1. The molecule has 0 radical (unpaired) electrons. The van der Waals surface area contributed by atoms with Crippen molar-refractivity contribution >= 4 is 60.8 Å². The van der Waals surface area contributed by atoms with Gasteiger partial charge in [0, 0.05) is 36.1 Å². The van der Waals surface area contributed by atoms with Gasteiger partial charge in [0.05, 0.1) is 26.4 Å². The predicted molar refractivity (Wildman–Crippen MR) is 147 cm³/mol. The first-order valence-electron chi connectivity index (χ1n) is 11.5. The Bertz CT molecular complexity index is 1840. The number of fused-ring (bicyclic) bond motifs is 2. The molecule has 1 aliphatic heterocycles. The number of benzene rings is 2. The van der Waals surface area contributed by atoms with Crippen LogP contribution in [-0.2, 0) is 4.79 Å². The number of nitrogens with one attached hydrogen (secondary N) is 1. The molecule has 2 aromatic heterocycles. The molecule has 1 saturated heterocycles. The third-order valence-electron chi connectivity index (χ3n) is 6.63. The van der Waals surface area contributed by atoms with E-state index in [0.717, 1.165) is 23.5 Å². The Balaban J connectivity index is 1.73. The number of hydrogen-bond donors (Lipinski definition) is 2. The van der Waals surface area contributed by atoms with E-state index in [1.54, 1.807) is 4.90 Å². The van der Waals surface area contributed by atoms with Crippen LogP contribution < -0.4 is 16.2 Å². The highest BCUT2D eigenvalue weighted by Gasteiger charge is 2.34. The number of aromatic amines is 1. The molecule has 1 amide bonds. The number of thiazole rings is 1. The van der Waals surface area contributed by atoms with Gasteiger partial charge in [-0.05, 0) is 24.3 Å². The lowest BCUT2D eigenvalue weighted by molar-refractivity contribution is -0.128. The smallest absolute Gasteiger partial charge is 0.268 e. The Kier molecular flexibility index (Phi) is 6.68. The summed E-state index contributed by atoms with van der Waals surface area (Å²) >= 11 is 7.52. The van der Waals surface area contributed by atoms with Crippen molar-refractivity contribution in [2.45, 2.75) is 6.04 Å². The minimum Gasteiger partial charge on any atom is -0.375 e. The van der Waals surface area contributed by atoms with Crippen molar-refractivity contribution in [3.8, 4) is 17.2 Å². The highest BCUT2D eigenvalue weighted by Crippen LogP contribution is 2.42. The summed E-state index contributed by atoms with van der Waals surface area (Å²) in [6.45, 7) is 11.3. The maximum atomic E-state index is 16.2. The number of nitriles is 1. The lowest BCUT2D eigenvalue weighted by atomic mass is 9.98. The number of carbonyl (C=O) groups excluding carboxylic acids is 1. The van der Waals surface area contributed by atoms with Crippen molar-refractivity contribution < 1.29 is 13.6 Å². The minimum absolute atomic E-state index is 0.0182. The van der Waals surface area contributed by atoms with Crippen LogP contribution in [0.3, 0.4) is 0 Å². The zero-order valence-corrected chi connectivity index (χ0v) is 21.7. The number of nitrogens with zero attached hydrogens (tertiary/aromatic N) is 5. The molecule has 0 saturated carbocycles. The van der Waals surface area contributed by atoms with Gasteiger partial charge in [-0.3, -0.25) is 9.59 Å². The summed E-state index contributed by atoms with van der Waals surface area (Å²) < 4.78 is 30.7. The van der Waals surface area contributed by atoms with Crippen molar-refractivity contribution in [3.05, 3.63) is 74.8 Å². The van der Waals surface area contributed by atoms with Crippen LogP contribution in [0, 0.1) is 29.5 Å². The Labute approximate surface area is 229 Å².